The van der Waals surface area contributed by atoms with Crippen molar-refractivity contribution < 1.29 is 22.8 Å². The van der Waals surface area contributed by atoms with Crippen LogP contribution >= 0.6 is 11.8 Å². The van der Waals surface area contributed by atoms with E-state index in [1.807, 2.05) is 18.4 Å². The lowest BCUT2D eigenvalue weighted by Crippen LogP contribution is -2.38. The summed E-state index contributed by atoms with van der Waals surface area (Å²) in [7, 11) is 0. The van der Waals surface area contributed by atoms with Crippen molar-refractivity contribution in [1.29, 1.82) is 0 Å². The number of benzene rings is 2. The Balaban J connectivity index is 2.08. The van der Waals surface area contributed by atoms with Gasteiger partial charge in [0.1, 0.15) is 6.54 Å². The molecule has 0 aromatic heterocycles. The van der Waals surface area contributed by atoms with E-state index < -0.39 is 17.6 Å². The molecule has 28 heavy (non-hydrogen) atoms. The van der Waals surface area contributed by atoms with Gasteiger partial charge in [0.2, 0.25) is 5.91 Å². The summed E-state index contributed by atoms with van der Waals surface area (Å²) in [6.07, 6.45) is -2.60. The number of anilines is 1. The molecule has 2 rings (SSSR count). The Hall–Kier alpha value is -2.48. The van der Waals surface area contributed by atoms with Gasteiger partial charge in [-0.05, 0) is 43.0 Å². The molecule has 1 N–H and O–H groups in total. The first-order valence-electron chi connectivity index (χ1n) is 8.59. The van der Waals surface area contributed by atoms with Crippen LogP contribution in [0.4, 0.5) is 18.9 Å². The van der Waals surface area contributed by atoms with Crippen LogP contribution in [0, 0.1) is 0 Å². The summed E-state index contributed by atoms with van der Waals surface area (Å²) in [5, 5.41) is 2.26. The van der Waals surface area contributed by atoms with E-state index in [0.717, 1.165) is 17.4 Å². The van der Waals surface area contributed by atoms with Crippen LogP contribution in [-0.2, 0) is 16.7 Å². The first-order chi connectivity index (χ1) is 13.3. The number of para-hydroxylation sites is 1. The van der Waals surface area contributed by atoms with Gasteiger partial charge in [-0.1, -0.05) is 24.3 Å². The van der Waals surface area contributed by atoms with Crippen LogP contribution in [-0.4, -0.2) is 36.1 Å². The maximum atomic E-state index is 13.0. The number of alkyl halides is 3. The highest BCUT2D eigenvalue weighted by atomic mass is 32.2. The normalized spacial score (nSPS) is 11.2. The molecule has 2 aromatic carbocycles. The van der Waals surface area contributed by atoms with Crippen molar-refractivity contribution in [3.63, 3.8) is 0 Å². The van der Waals surface area contributed by atoms with E-state index in [9.17, 15) is 22.8 Å². The SMILES string of the molecule is CCN(CC(=O)Nc1ccccc1C(F)(F)F)C(=O)c1ccc(CSC)cc1. The Morgan fingerprint density at radius 3 is 2.29 bits per heavy atom. The van der Waals surface area contributed by atoms with Crippen LogP contribution in [0.25, 0.3) is 0 Å². The van der Waals surface area contributed by atoms with Gasteiger partial charge in [0.05, 0.1) is 11.3 Å². The Morgan fingerprint density at radius 2 is 1.71 bits per heavy atom. The first-order valence-corrected chi connectivity index (χ1v) is 9.98. The molecule has 0 aliphatic heterocycles. The smallest absolute Gasteiger partial charge is 0.330 e. The molecule has 0 saturated carbocycles. The van der Waals surface area contributed by atoms with Gasteiger partial charge in [-0.2, -0.15) is 24.9 Å². The molecule has 8 heteroatoms. The lowest BCUT2D eigenvalue weighted by atomic mass is 10.1. The largest absolute Gasteiger partial charge is 0.418 e. The quantitative estimate of drug-likeness (QED) is 0.722. The predicted octanol–water partition coefficient (Wildman–Crippen LogP) is 4.67. The molecular weight excluding hydrogens is 389 g/mol. The lowest BCUT2D eigenvalue weighted by molar-refractivity contribution is -0.137. The summed E-state index contributed by atoms with van der Waals surface area (Å²) in [6.45, 7) is 1.62. The van der Waals surface area contributed by atoms with E-state index >= 15 is 0 Å². The fourth-order valence-electron chi connectivity index (χ4n) is 2.62. The number of likely N-dealkylation sites (N-methyl/N-ethyl adjacent to an activating group) is 1. The van der Waals surface area contributed by atoms with E-state index in [4.69, 9.17) is 0 Å². The molecule has 0 aliphatic rings. The number of nitrogens with zero attached hydrogens (tertiary/aromatic N) is 1. The molecule has 0 unspecified atom stereocenters. The number of hydrogen-bond acceptors (Lipinski definition) is 3. The van der Waals surface area contributed by atoms with Gasteiger partial charge < -0.3 is 10.2 Å². The van der Waals surface area contributed by atoms with Crippen molar-refractivity contribution in [1.82, 2.24) is 4.90 Å². The minimum atomic E-state index is -4.58. The monoisotopic (exact) mass is 410 g/mol. The predicted molar refractivity (Wildman–Crippen MR) is 105 cm³/mol. The maximum absolute atomic E-state index is 13.0. The van der Waals surface area contributed by atoms with Gasteiger partial charge in [-0.3, -0.25) is 9.59 Å². The zero-order valence-electron chi connectivity index (χ0n) is 15.5. The van der Waals surface area contributed by atoms with Crippen LogP contribution < -0.4 is 5.32 Å². The van der Waals surface area contributed by atoms with Gasteiger partial charge in [0.25, 0.3) is 5.91 Å². The maximum Gasteiger partial charge on any atom is 0.418 e. The van der Waals surface area contributed by atoms with Gasteiger partial charge in [-0.15, -0.1) is 0 Å². The number of amides is 2. The van der Waals surface area contributed by atoms with Crippen LogP contribution in [0.15, 0.2) is 48.5 Å². The van der Waals surface area contributed by atoms with Crippen molar-refractivity contribution in [3.05, 3.63) is 65.2 Å². The molecule has 0 bridgehead atoms. The van der Waals surface area contributed by atoms with Crippen molar-refractivity contribution in [2.75, 3.05) is 24.7 Å². The number of rotatable bonds is 7. The van der Waals surface area contributed by atoms with Crippen LogP contribution in [0.1, 0.15) is 28.4 Å². The molecule has 4 nitrogen and oxygen atoms in total. The van der Waals surface area contributed by atoms with Crippen LogP contribution in [0.3, 0.4) is 0 Å². The zero-order valence-corrected chi connectivity index (χ0v) is 16.4. The molecule has 150 valence electrons. The fourth-order valence-corrected chi connectivity index (χ4v) is 3.15. The van der Waals surface area contributed by atoms with Crippen molar-refractivity contribution in [2.45, 2.75) is 18.9 Å². The topological polar surface area (TPSA) is 49.4 Å². The third-order valence-electron chi connectivity index (χ3n) is 4.02. The lowest BCUT2D eigenvalue weighted by Gasteiger charge is -2.21. The van der Waals surface area contributed by atoms with E-state index in [1.165, 1.54) is 23.1 Å². The molecule has 0 radical (unpaired) electrons. The van der Waals surface area contributed by atoms with Crippen LogP contribution in [0.5, 0.6) is 0 Å². The standard InChI is InChI=1S/C20H21F3N2O2S/c1-3-25(19(27)15-10-8-14(9-11-15)13-28-2)12-18(26)24-17-7-5-4-6-16(17)20(21,22)23/h4-11H,3,12-13H2,1-2H3,(H,24,26). The highest BCUT2D eigenvalue weighted by Gasteiger charge is 2.33. The third-order valence-corrected chi connectivity index (χ3v) is 4.64. The average molecular weight is 410 g/mol. The number of nitrogens with one attached hydrogen (secondary N) is 1. The number of carbonyl (C=O) groups is 2. The molecule has 0 saturated heterocycles. The Kier molecular flexibility index (Phi) is 7.51. The summed E-state index contributed by atoms with van der Waals surface area (Å²) in [5.74, 6) is -0.212. The molecule has 0 atom stereocenters. The van der Waals surface area contributed by atoms with E-state index in [-0.39, 0.29) is 24.7 Å². The van der Waals surface area contributed by atoms with E-state index in [2.05, 4.69) is 5.32 Å². The Bertz CT molecular complexity index is 823. The van der Waals surface area contributed by atoms with Crippen molar-refractivity contribution >= 4 is 29.3 Å². The minimum Gasteiger partial charge on any atom is -0.330 e. The van der Waals surface area contributed by atoms with Gasteiger partial charge in [0, 0.05) is 17.9 Å². The van der Waals surface area contributed by atoms with Crippen molar-refractivity contribution in [2.24, 2.45) is 0 Å². The van der Waals surface area contributed by atoms with Gasteiger partial charge in [0.15, 0.2) is 0 Å². The highest BCUT2D eigenvalue weighted by Crippen LogP contribution is 2.34. The van der Waals surface area contributed by atoms with Gasteiger partial charge >= 0.3 is 6.18 Å². The summed E-state index contributed by atoms with van der Waals surface area (Å²) in [5.41, 5.74) is 0.246. The number of thioether (sulfide) groups is 1. The highest BCUT2D eigenvalue weighted by molar-refractivity contribution is 7.97. The summed E-state index contributed by atoms with van der Waals surface area (Å²) in [6, 6.07) is 11.8. The van der Waals surface area contributed by atoms with Gasteiger partial charge in [-0.25, -0.2) is 0 Å². The molecule has 0 fully saturated rings. The van der Waals surface area contributed by atoms with Crippen molar-refractivity contribution in [3.8, 4) is 0 Å². The van der Waals surface area contributed by atoms with E-state index in [0.29, 0.717) is 5.56 Å². The fraction of sp³-hybridized carbons (Fsp3) is 0.300. The molecule has 0 aliphatic carbocycles. The summed E-state index contributed by atoms with van der Waals surface area (Å²) >= 11 is 1.66. The number of halogens is 3. The molecule has 0 heterocycles. The molecule has 2 aromatic rings. The van der Waals surface area contributed by atoms with E-state index in [1.54, 1.807) is 30.8 Å². The third kappa shape index (κ3) is 5.76. The zero-order chi connectivity index (χ0) is 20.7. The number of carbonyl (C=O) groups excluding carboxylic acids is 2. The second-order valence-corrected chi connectivity index (χ2v) is 6.91. The Morgan fingerprint density at radius 1 is 1.07 bits per heavy atom. The Labute approximate surface area is 166 Å². The summed E-state index contributed by atoms with van der Waals surface area (Å²) < 4.78 is 39.1. The minimum absolute atomic E-state index is 0.250. The average Bonchev–Trinajstić information content (AvgIpc) is 2.66. The van der Waals surface area contributed by atoms with Crippen LogP contribution in [0.2, 0.25) is 0 Å². The molecule has 0 spiro atoms. The first kappa shape index (κ1) is 21.8. The second-order valence-electron chi connectivity index (χ2n) is 6.04. The number of hydrogen-bond donors (Lipinski definition) is 1. The molecular formula is C20H21F3N2O2S. The second kappa shape index (κ2) is 9.64. The molecule has 2 amide bonds. The summed E-state index contributed by atoms with van der Waals surface area (Å²) in [4.78, 5) is 26.2.